The third kappa shape index (κ3) is 11.3. The lowest BCUT2D eigenvalue weighted by atomic mass is 10.1. The zero-order valence-corrected chi connectivity index (χ0v) is 23.1. The summed E-state index contributed by atoms with van der Waals surface area (Å²) < 4.78 is 0. The molecule has 0 radical (unpaired) electrons. The van der Waals surface area contributed by atoms with Gasteiger partial charge in [0.1, 0.15) is 0 Å². The Morgan fingerprint density at radius 2 is 1.85 bits per heavy atom. The molecule has 2 aromatic carbocycles. The van der Waals surface area contributed by atoms with Crippen molar-refractivity contribution < 1.29 is 0 Å². The Bertz CT molecular complexity index is 906. The fraction of sp³-hybridized carbons (Fsp3) is 0.370. The summed E-state index contributed by atoms with van der Waals surface area (Å²) in [5, 5.41) is 0.620. The van der Waals surface area contributed by atoms with Crippen molar-refractivity contribution in [2.24, 2.45) is 10.7 Å². The van der Waals surface area contributed by atoms with Crippen LogP contribution in [-0.2, 0) is 5.75 Å². The highest BCUT2D eigenvalue weighted by Crippen LogP contribution is 2.29. The quantitative estimate of drug-likeness (QED) is 0.245. The fourth-order valence-corrected chi connectivity index (χ4v) is 4.55. The highest BCUT2D eigenvalue weighted by Gasteiger charge is 2.11. The van der Waals surface area contributed by atoms with Crippen LogP contribution in [0.2, 0.25) is 5.02 Å². The first kappa shape index (κ1) is 29.4. The molecule has 0 spiro atoms. The van der Waals surface area contributed by atoms with Gasteiger partial charge < -0.3 is 10.6 Å². The second kappa shape index (κ2) is 16.9. The van der Waals surface area contributed by atoms with Crippen LogP contribution < -0.4 is 5.73 Å². The van der Waals surface area contributed by atoms with Gasteiger partial charge in [-0.05, 0) is 68.8 Å². The first-order valence-electron chi connectivity index (χ1n) is 11.2. The van der Waals surface area contributed by atoms with Gasteiger partial charge in [-0.15, -0.1) is 23.5 Å². The molecular formula is C27H38ClN3S2. The summed E-state index contributed by atoms with van der Waals surface area (Å²) in [7, 11) is 4.30. The van der Waals surface area contributed by atoms with E-state index in [0.717, 1.165) is 10.6 Å². The molecule has 1 aliphatic rings. The van der Waals surface area contributed by atoms with E-state index in [4.69, 9.17) is 17.3 Å². The van der Waals surface area contributed by atoms with Crippen molar-refractivity contribution in [2.45, 2.75) is 50.3 Å². The molecule has 3 rings (SSSR count). The Balaban J connectivity index is 0.000000335. The number of likely N-dealkylation sites (N-methyl/N-ethyl adjacent to an activating group) is 1. The van der Waals surface area contributed by atoms with Crippen LogP contribution >= 0.6 is 35.1 Å². The van der Waals surface area contributed by atoms with E-state index in [0.29, 0.717) is 16.8 Å². The maximum absolute atomic E-state index is 5.85. The van der Waals surface area contributed by atoms with Crippen LogP contribution in [0.25, 0.3) is 0 Å². The number of nitrogens with zero attached hydrogens (tertiary/aromatic N) is 2. The maximum Gasteiger partial charge on any atom is 0.0860 e. The molecule has 0 fully saturated rings. The van der Waals surface area contributed by atoms with Crippen molar-refractivity contribution in [2.75, 3.05) is 20.4 Å². The summed E-state index contributed by atoms with van der Waals surface area (Å²) in [5.74, 6) is 1.08. The van der Waals surface area contributed by atoms with E-state index in [-0.39, 0.29) is 0 Å². The SMILES string of the molecule is CC.CSc1ccc(Cl)c(N=CN)c1.Cc1ccc(CSC2=CC=CC(N(C)C)CC2)cc1. The van der Waals surface area contributed by atoms with E-state index < -0.39 is 0 Å². The standard InChI is InChI=1S/C17H23NS.C8H9ClN2S.C2H6/c1-14-7-9-15(10-8-14)13-19-17-6-4-5-16(11-12-17)18(2)3;1-12-6-2-3-7(9)8(4-6)11-5-10;1-2/h4-10,16H,11-13H2,1-3H3;2-5H,1H3,(H2,10,11);1-2H3. The molecule has 3 nitrogen and oxygen atoms in total. The van der Waals surface area contributed by atoms with Gasteiger partial charge in [-0.2, -0.15) is 0 Å². The summed E-state index contributed by atoms with van der Waals surface area (Å²) in [6, 6.07) is 15.1. The van der Waals surface area contributed by atoms with Crippen LogP contribution in [0.3, 0.4) is 0 Å². The Labute approximate surface area is 214 Å². The maximum atomic E-state index is 5.85. The van der Waals surface area contributed by atoms with Gasteiger partial charge in [0.15, 0.2) is 0 Å². The Morgan fingerprint density at radius 3 is 2.45 bits per heavy atom. The molecule has 0 saturated heterocycles. The summed E-state index contributed by atoms with van der Waals surface area (Å²) in [5.41, 5.74) is 8.62. The number of thioether (sulfide) groups is 2. The number of nitrogens with two attached hydrogens (primary N) is 1. The third-order valence-electron chi connectivity index (χ3n) is 4.88. The van der Waals surface area contributed by atoms with Crippen molar-refractivity contribution in [1.82, 2.24) is 4.90 Å². The fourth-order valence-electron chi connectivity index (χ4n) is 2.97. The van der Waals surface area contributed by atoms with E-state index >= 15 is 0 Å². The van der Waals surface area contributed by atoms with Crippen LogP contribution in [0, 0.1) is 6.92 Å². The first-order chi connectivity index (χ1) is 15.9. The topological polar surface area (TPSA) is 41.6 Å². The molecule has 0 saturated carbocycles. The molecular weight excluding hydrogens is 466 g/mol. The zero-order chi connectivity index (χ0) is 24.6. The van der Waals surface area contributed by atoms with Crippen LogP contribution in [-0.4, -0.2) is 37.6 Å². The molecule has 0 aromatic heterocycles. The predicted octanol–water partition coefficient (Wildman–Crippen LogP) is 8.10. The number of benzene rings is 2. The van der Waals surface area contributed by atoms with Gasteiger partial charge in [0.2, 0.25) is 0 Å². The second-order valence-corrected chi connectivity index (χ2v) is 9.85. The smallest absolute Gasteiger partial charge is 0.0860 e. The Hall–Kier alpha value is -1.66. The van der Waals surface area contributed by atoms with Gasteiger partial charge in [0.25, 0.3) is 0 Å². The minimum absolute atomic E-state index is 0.578. The molecule has 1 atom stereocenters. The Morgan fingerprint density at radius 1 is 1.15 bits per heavy atom. The van der Waals surface area contributed by atoms with E-state index in [9.17, 15) is 0 Å². The lowest BCUT2D eigenvalue weighted by Gasteiger charge is -2.19. The Kier molecular flexibility index (Phi) is 15.0. The largest absolute Gasteiger partial charge is 0.390 e. The van der Waals surface area contributed by atoms with E-state index in [1.807, 2.05) is 50.1 Å². The minimum atomic E-state index is 0.578. The normalized spacial score (nSPS) is 15.3. The van der Waals surface area contributed by atoms with Crippen LogP contribution in [0.5, 0.6) is 0 Å². The van der Waals surface area contributed by atoms with Crippen LogP contribution in [0.1, 0.15) is 37.8 Å². The summed E-state index contributed by atoms with van der Waals surface area (Å²) in [6.07, 6.45) is 12.4. The molecule has 0 aliphatic heterocycles. The van der Waals surface area contributed by atoms with Crippen molar-refractivity contribution in [3.63, 3.8) is 0 Å². The van der Waals surface area contributed by atoms with E-state index in [1.54, 1.807) is 11.8 Å². The monoisotopic (exact) mass is 503 g/mol. The van der Waals surface area contributed by atoms with Gasteiger partial charge in [-0.3, -0.25) is 0 Å². The first-order valence-corrected chi connectivity index (χ1v) is 13.8. The second-order valence-electron chi connectivity index (χ2n) is 7.46. The van der Waals surface area contributed by atoms with Gasteiger partial charge in [0.05, 0.1) is 17.0 Å². The molecule has 2 N–H and O–H groups in total. The highest BCUT2D eigenvalue weighted by molar-refractivity contribution is 8.02. The van der Waals surface area contributed by atoms with Gasteiger partial charge >= 0.3 is 0 Å². The number of hydrogen-bond acceptors (Lipinski definition) is 4. The van der Waals surface area contributed by atoms with Crippen molar-refractivity contribution in [1.29, 1.82) is 0 Å². The molecule has 6 heteroatoms. The van der Waals surface area contributed by atoms with Crippen LogP contribution in [0.15, 0.2) is 75.5 Å². The zero-order valence-electron chi connectivity index (χ0n) is 20.7. The van der Waals surface area contributed by atoms with Crippen molar-refractivity contribution >= 4 is 47.2 Å². The summed E-state index contributed by atoms with van der Waals surface area (Å²) in [4.78, 5) is 8.84. The van der Waals surface area contributed by atoms with Crippen molar-refractivity contribution in [3.8, 4) is 0 Å². The molecule has 1 aliphatic carbocycles. The third-order valence-corrected chi connectivity index (χ3v) is 7.11. The number of hydrogen-bond donors (Lipinski definition) is 1. The number of aryl methyl sites for hydroxylation is 1. The molecule has 0 amide bonds. The lowest BCUT2D eigenvalue weighted by Crippen LogP contribution is -2.25. The van der Waals surface area contributed by atoms with E-state index in [2.05, 4.69) is 73.4 Å². The molecule has 1 unspecified atom stereocenters. The van der Waals surface area contributed by atoms with Gasteiger partial charge in [-0.1, -0.05) is 73.5 Å². The number of allylic oxidation sites excluding steroid dienone is 3. The summed E-state index contributed by atoms with van der Waals surface area (Å²) >= 11 is 9.47. The molecule has 2 aromatic rings. The molecule has 0 bridgehead atoms. The summed E-state index contributed by atoms with van der Waals surface area (Å²) in [6.45, 7) is 6.14. The van der Waals surface area contributed by atoms with Gasteiger partial charge in [-0.25, -0.2) is 4.99 Å². The molecule has 180 valence electrons. The highest BCUT2D eigenvalue weighted by atomic mass is 35.5. The van der Waals surface area contributed by atoms with E-state index in [1.165, 1.54) is 35.2 Å². The molecule has 33 heavy (non-hydrogen) atoms. The van der Waals surface area contributed by atoms with Crippen molar-refractivity contribution in [3.05, 3.63) is 81.7 Å². The number of halogens is 1. The minimum Gasteiger partial charge on any atom is -0.390 e. The average molecular weight is 504 g/mol. The lowest BCUT2D eigenvalue weighted by molar-refractivity contribution is 0.330. The van der Waals surface area contributed by atoms with Crippen LogP contribution in [0.4, 0.5) is 5.69 Å². The van der Waals surface area contributed by atoms with Gasteiger partial charge in [0, 0.05) is 16.7 Å². The number of rotatable bonds is 6. The number of aliphatic imine (C=N–C) groups is 1. The molecule has 0 heterocycles. The predicted molar refractivity (Wildman–Crippen MR) is 153 cm³/mol. The average Bonchev–Trinajstić information content (AvgIpc) is 3.08.